The zero-order chi connectivity index (χ0) is 11.8. The van der Waals surface area contributed by atoms with E-state index in [4.69, 9.17) is 0 Å². The Hall–Kier alpha value is -2.23. The second-order valence-electron chi connectivity index (χ2n) is 4.16. The molecule has 1 aromatic carbocycles. The molecule has 0 saturated heterocycles. The Morgan fingerprint density at radius 1 is 1.12 bits per heavy atom. The molecule has 0 atom stereocenters. The van der Waals surface area contributed by atoms with Crippen LogP contribution in [-0.4, -0.2) is 20.0 Å². The smallest absolute Gasteiger partial charge is 0.131 e. The van der Waals surface area contributed by atoms with E-state index in [-0.39, 0.29) is 0 Å². The van der Waals surface area contributed by atoms with Gasteiger partial charge in [0, 0.05) is 6.20 Å². The molecule has 4 nitrogen and oxygen atoms in total. The first-order chi connectivity index (χ1) is 8.25. The first-order valence-electron chi connectivity index (χ1n) is 5.49. The van der Waals surface area contributed by atoms with Crippen LogP contribution in [0.25, 0.3) is 16.7 Å². The van der Waals surface area contributed by atoms with Gasteiger partial charge in [0.15, 0.2) is 0 Å². The maximum absolute atomic E-state index is 4.18. The van der Waals surface area contributed by atoms with Gasteiger partial charge < -0.3 is 0 Å². The molecule has 0 bridgehead atoms. The lowest BCUT2D eigenvalue weighted by Crippen LogP contribution is -1.99. The minimum atomic E-state index is 0.812. The van der Waals surface area contributed by atoms with Crippen LogP contribution in [0.4, 0.5) is 0 Å². The van der Waals surface area contributed by atoms with E-state index in [1.807, 2.05) is 10.7 Å². The third-order valence-electron chi connectivity index (χ3n) is 2.83. The predicted molar refractivity (Wildman–Crippen MR) is 66.1 cm³/mol. The van der Waals surface area contributed by atoms with Crippen molar-refractivity contribution in [3.8, 4) is 5.69 Å². The van der Waals surface area contributed by atoms with Gasteiger partial charge in [-0.1, -0.05) is 22.9 Å². The predicted octanol–water partition coefficient (Wildman–Crippen LogP) is 2.43. The van der Waals surface area contributed by atoms with Gasteiger partial charge in [-0.15, -0.1) is 5.10 Å². The Morgan fingerprint density at radius 3 is 2.82 bits per heavy atom. The highest BCUT2D eigenvalue weighted by atomic mass is 15.4. The molecule has 0 N–H and O–H groups in total. The fourth-order valence-corrected chi connectivity index (χ4v) is 2.00. The average molecular weight is 224 g/mol. The zero-order valence-electron chi connectivity index (χ0n) is 9.75. The van der Waals surface area contributed by atoms with Crippen molar-refractivity contribution in [1.29, 1.82) is 0 Å². The van der Waals surface area contributed by atoms with E-state index >= 15 is 0 Å². The second-order valence-corrected chi connectivity index (χ2v) is 4.16. The van der Waals surface area contributed by atoms with Crippen molar-refractivity contribution in [2.45, 2.75) is 13.8 Å². The highest BCUT2D eigenvalue weighted by Crippen LogP contribution is 2.19. The van der Waals surface area contributed by atoms with Gasteiger partial charge in [-0.05, 0) is 31.5 Å². The van der Waals surface area contributed by atoms with Gasteiger partial charge in [-0.3, -0.25) is 4.98 Å². The summed E-state index contributed by atoms with van der Waals surface area (Å²) in [6.07, 6.45) is 3.48. The third-order valence-corrected chi connectivity index (χ3v) is 2.83. The fraction of sp³-hybridized carbons (Fsp3) is 0.154. The van der Waals surface area contributed by atoms with Crippen molar-refractivity contribution in [1.82, 2.24) is 20.0 Å². The molecule has 0 saturated carbocycles. The van der Waals surface area contributed by atoms with E-state index < -0.39 is 0 Å². The van der Waals surface area contributed by atoms with Crippen molar-refractivity contribution < 1.29 is 0 Å². The molecule has 4 heteroatoms. The summed E-state index contributed by atoms with van der Waals surface area (Å²) < 4.78 is 1.85. The van der Waals surface area contributed by atoms with Crippen LogP contribution in [0.5, 0.6) is 0 Å². The van der Waals surface area contributed by atoms with Gasteiger partial charge in [-0.25, -0.2) is 4.68 Å². The molecule has 2 aromatic heterocycles. The highest BCUT2D eigenvalue weighted by Gasteiger charge is 2.08. The molecule has 0 spiro atoms. The van der Waals surface area contributed by atoms with Gasteiger partial charge >= 0.3 is 0 Å². The summed E-state index contributed by atoms with van der Waals surface area (Å²) in [5.74, 6) is 0. The SMILES string of the molecule is Cc1ccc(-n2nnc3cnccc32)c(C)c1. The number of rotatable bonds is 1. The maximum atomic E-state index is 4.18. The number of fused-ring (bicyclic) bond motifs is 1. The Balaban J connectivity index is 2.27. The first-order valence-corrected chi connectivity index (χ1v) is 5.49. The molecule has 3 rings (SSSR count). The monoisotopic (exact) mass is 224 g/mol. The van der Waals surface area contributed by atoms with E-state index in [1.54, 1.807) is 12.4 Å². The lowest BCUT2D eigenvalue weighted by atomic mass is 10.1. The van der Waals surface area contributed by atoms with Gasteiger partial charge in [0.1, 0.15) is 5.52 Å². The van der Waals surface area contributed by atoms with Crippen LogP contribution in [0.3, 0.4) is 0 Å². The summed E-state index contributed by atoms with van der Waals surface area (Å²) in [4.78, 5) is 4.04. The lowest BCUT2D eigenvalue weighted by Gasteiger charge is -2.06. The van der Waals surface area contributed by atoms with E-state index in [1.165, 1.54) is 11.1 Å². The fourth-order valence-electron chi connectivity index (χ4n) is 2.00. The standard InChI is InChI=1S/C13H12N4/c1-9-3-4-12(10(2)7-9)17-13-5-6-14-8-11(13)15-16-17/h3-8H,1-2H3. The van der Waals surface area contributed by atoms with E-state index in [2.05, 4.69) is 47.3 Å². The molecule has 0 amide bonds. The molecule has 2 heterocycles. The summed E-state index contributed by atoms with van der Waals surface area (Å²) in [6.45, 7) is 4.16. The number of hydrogen-bond donors (Lipinski definition) is 0. The Morgan fingerprint density at radius 2 is 2.00 bits per heavy atom. The third kappa shape index (κ3) is 1.58. The average Bonchev–Trinajstić information content (AvgIpc) is 2.73. The largest absolute Gasteiger partial charge is 0.262 e. The quantitative estimate of drug-likeness (QED) is 0.637. The molecule has 3 aromatic rings. The zero-order valence-corrected chi connectivity index (χ0v) is 9.75. The molecule has 0 aliphatic carbocycles. The summed E-state index contributed by atoms with van der Waals surface area (Å²) in [5.41, 5.74) is 5.29. The van der Waals surface area contributed by atoms with Crippen molar-refractivity contribution in [3.05, 3.63) is 47.8 Å². The summed E-state index contributed by atoms with van der Waals surface area (Å²) in [7, 11) is 0. The van der Waals surface area contributed by atoms with Gasteiger partial charge in [0.05, 0.1) is 17.4 Å². The normalized spacial score (nSPS) is 10.9. The van der Waals surface area contributed by atoms with E-state index in [0.29, 0.717) is 0 Å². The molecule has 17 heavy (non-hydrogen) atoms. The molecule has 0 aliphatic rings. The first kappa shape index (κ1) is 9.96. The van der Waals surface area contributed by atoms with Crippen LogP contribution in [-0.2, 0) is 0 Å². The van der Waals surface area contributed by atoms with E-state index in [9.17, 15) is 0 Å². The number of aryl methyl sites for hydroxylation is 2. The Kier molecular flexibility index (Phi) is 2.14. The van der Waals surface area contributed by atoms with Crippen molar-refractivity contribution >= 4 is 11.0 Å². The molecule has 0 aliphatic heterocycles. The molecule has 0 radical (unpaired) electrons. The number of pyridine rings is 1. The van der Waals surface area contributed by atoms with Crippen LogP contribution in [0.15, 0.2) is 36.7 Å². The molecule has 84 valence electrons. The van der Waals surface area contributed by atoms with Crippen molar-refractivity contribution in [2.75, 3.05) is 0 Å². The molecular formula is C13H12N4. The topological polar surface area (TPSA) is 43.6 Å². The minimum Gasteiger partial charge on any atom is -0.262 e. The van der Waals surface area contributed by atoms with Crippen molar-refractivity contribution in [3.63, 3.8) is 0 Å². The Labute approximate surface area is 98.9 Å². The van der Waals surface area contributed by atoms with Crippen LogP contribution in [0, 0.1) is 13.8 Å². The maximum Gasteiger partial charge on any atom is 0.131 e. The van der Waals surface area contributed by atoms with Crippen molar-refractivity contribution in [2.24, 2.45) is 0 Å². The van der Waals surface area contributed by atoms with Gasteiger partial charge in [-0.2, -0.15) is 0 Å². The second kappa shape index (κ2) is 3.66. The Bertz CT molecular complexity index is 685. The van der Waals surface area contributed by atoms with Gasteiger partial charge in [0.2, 0.25) is 0 Å². The lowest BCUT2D eigenvalue weighted by molar-refractivity contribution is 0.818. The number of nitrogens with zero attached hydrogens (tertiary/aromatic N) is 4. The van der Waals surface area contributed by atoms with Crippen LogP contribution in [0.1, 0.15) is 11.1 Å². The summed E-state index contributed by atoms with van der Waals surface area (Å²) in [6, 6.07) is 8.22. The highest BCUT2D eigenvalue weighted by molar-refractivity contribution is 5.75. The minimum absolute atomic E-state index is 0.812. The number of benzene rings is 1. The van der Waals surface area contributed by atoms with Crippen LogP contribution < -0.4 is 0 Å². The van der Waals surface area contributed by atoms with Crippen LogP contribution >= 0.6 is 0 Å². The molecule has 0 fully saturated rings. The number of hydrogen-bond acceptors (Lipinski definition) is 3. The van der Waals surface area contributed by atoms with Crippen LogP contribution in [0.2, 0.25) is 0 Å². The number of aromatic nitrogens is 4. The van der Waals surface area contributed by atoms with Gasteiger partial charge in [0.25, 0.3) is 0 Å². The molecule has 0 unspecified atom stereocenters. The summed E-state index contributed by atoms with van der Waals surface area (Å²) in [5, 5.41) is 8.29. The molecular weight excluding hydrogens is 212 g/mol. The summed E-state index contributed by atoms with van der Waals surface area (Å²) >= 11 is 0. The van der Waals surface area contributed by atoms with E-state index in [0.717, 1.165) is 16.7 Å².